The number of carbonyl (C=O) groups excluding carboxylic acids is 2. The Labute approximate surface area is 210 Å². The molecule has 3 aromatic rings. The van der Waals surface area contributed by atoms with E-state index in [0.29, 0.717) is 25.3 Å². The van der Waals surface area contributed by atoms with Crippen molar-refractivity contribution in [1.29, 1.82) is 0 Å². The van der Waals surface area contributed by atoms with Crippen LogP contribution in [0.25, 0.3) is 0 Å². The lowest BCUT2D eigenvalue weighted by Crippen LogP contribution is -2.44. The fraction of sp³-hybridized carbons (Fsp3) is 0.393. The quantitative estimate of drug-likeness (QED) is 0.515. The Morgan fingerprint density at radius 3 is 2.50 bits per heavy atom. The summed E-state index contributed by atoms with van der Waals surface area (Å²) >= 11 is 0. The summed E-state index contributed by atoms with van der Waals surface area (Å²) in [5.74, 6) is 1.25. The molecular weight excluding hydrogens is 458 g/mol. The van der Waals surface area contributed by atoms with Crippen LogP contribution in [0.4, 0.5) is 0 Å². The van der Waals surface area contributed by atoms with Gasteiger partial charge in [-0.3, -0.25) is 14.4 Å². The van der Waals surface area contributed by atoms with E-state index in [1.807, 2.05) is 44.2 Å². The first-order chi connectivity index (χ1) is 17.4. The van der Waals surface area contributed by atoms with E-state index in [1.54, 1.807) is 28.8 Å². The Hall–Kier alpha value is -3.81. The summed E-state index contributed by atoms with van der Waals surface area (Å²) in [6.07, 6.45) is 6.65. The first-order valence-electron chi connectivity index (χ1n) is 12.4. The number of pyridine rings is 1. The predicted molar refractivity (Wildman–Crippen MR) is 136 cm³/mol. The van der Waals surface area contributed by atoms with Gasteiger partial charge in [0.15, 0.2) is 0 Å². The van der Waals surface area contributed by atoms with E-state index in [4.69, 9.17) is 9.15 Å². The van der Waals surface area contributed by atoms with Crippen molar-refractivity contribution in [3.8, 4) is 5.75 Å². The maximum atomic E-state index is 13.4. The van der Waals surface area contributed by atoms with Crippen molar-refractivity contribution in [2.75, 3.05) is 13.7 Å². The van der Waals surface area contributed by atoms with Crippen LogP contribution >= 0.6 is 0 Å². The number of amides is 2. The third-order valence-electron chi connectivity index (χ3n) is 6.65. The minimum atomic E-state index is -0.549. The summed E-state index contributed by atoms with van der Waals surface area (Å²) in [6, 6.07) is 11.4. The van der Waals surface area contributed by atoms with Gasteiger partial charge in [0.25, 0.3) is 11.8 Å². The molecule has 0 radical (unpaired) electrons. The number of benzene rings is 1. The molecule has 190 valence electrons. The van der Waals surface area contributed by atoms with Crippen LogP contribution < -0.4 is 15.5 Å². The molecule has 0 bridgehead atoms. The number of nitrogens with zero attached hydrogens (tertiary/aromatic N) is 2. The van der Waals surface area contributed by atoms with Gasteiger partial charge in [0.05, 0.1) is 13.7 Å². The lowest BCUT2D eigenvalue weighted by Gasteiger charge is -2.33. The van der Waals surface area contributed by atoms with Crippen molar-refractivity contribution >= 4 is 11.8 Å². The monoisotopic (exact) mass is 491 g/mol. The number of methoxy groups -OCH3 is 1. The predicted octanol–water partition coefficient (Wildman–Crippen LogP) is 3.95. The molecular formula is C28H33N3O5. The van der Waals surface area contributed by atoms with Gasteiger partial charge >= 0.3 is 0 Å². The first-order valence-corrected chi connectivity index (χ1v) is 12.4. The summed E-state index contributed by atoms with van der Waals surface area (Å²) in [7, 11) is 1.62. The molecule has 1 unspecified atom stereocenters. The molecule has 1 saturated heterocycles. The molecule has 1 atom stereocenters. The van der Waals surface area contributed by atoms with Crippen LogP contribution in [0.15, 0.2) is 58.0 Å². The highest BCUT2D eigenvalue weighted by molar-refractivity contribution is 5.99. The van der Waals surface area contributed by atoms with Crippen molar-refractivity contribution in [1.82, 2.24) is 14.8 Å². The number of nitrogens with one attached hydrogen (secondary N) is 1. The van der Waals surface area contributed by atoms with Gasteiger partial charge in [-0.15, -0.1) is 0 Å². The Morgan fingerprint density at radius 1 is 1.08 bits per heavy atom. The van der Waals surface area contributed by atoms with Crippen molar-refractivity contribution in [2.45, 2.75) is 58.7 Å². The van der Waals surface area contributed by atoms with E-state index >= 15 is 0 Å². The number of carbonyl (C=O) groups is 2. The number of aromatic nitrogens is 1. The molecule has 3 heterocycles. The molecule has 1 fully saturated rings. The van der Waals surface area contributed by atoms with Gasteiger partial charge in [0, 0.05) is 31.5 Å². The summed E-state index contributed by atoms with van der Waals surface area (Å²) in [4.78, 5) is 41.6. The maximum absolute atomic E-state index is 13.4. The molecule has 1 aliphatic heterocycles. The number of piperidine rings is 1. The number of hydrogen-bond donors (Lipinski definition) is 1. The van der Waals surface area contributed by atoms with E-state index in [0.717, 1.165) is 36.3 Å². The van der Waals surface area contributed by atoms with E-state index < -0.39 is 11.3 Å². The summed E-state index contributed by atoms with van der Waals surface area (Å²) in [6.45, 7) is 5.09. The summed E-state index contributed by atoms with van der Waals surface area (Å²) in [5, 5.41) is 2.75. The Bertz CT molecular complexity index is 1280. The van der Waals surface area contributed by atoms with Crippen LogP contribution in [0.5, 0.6) is 5.75 Å². The molecule has 1 aliphatic rings. The van der Waals surface area contributed by atoms with E-state index in [9.17, 15) is 14.4 Å². The van der Waals surface area contributed by atoms with Crippen LogP contribution in [0, 0.1) is 6.92 Å². The van der Waals surface area contributed by atoms with Gasteiger partial charge < -0.3 is 23.9 Å². The second-order valence-electron chi connectivity index (χ2n) is 9.29. The lowest BCUT2D eigenvalue weighted by molar-refractivity contribution is 0.0633. The highest BCUT2D eigenvalue weighted by Crippen LogP contribution is 2.19. The van der Waals surface area contributed by atoms with E-state index in [-0.39, 0.29) is 29.6 Å². The van der Waals surface area contributed by atoms with Gasteiger partial charge in [-0.2, -0.15) is 0 Å². The minimum Gasteiger partial charge on any atom is -0.497 e. The lowest BCUT2D eigenvalue weighted by atomic mass is 10.0. The fourth-order valence-corrected chi connectivity index (χ4v) is 4.52. The molecule has 0 aliphatic carbocycles. The summed E-state index contributed by atoms with van der Waals surface area (Å²) in [5.41, 5.74) is 0.501. The van der Waals surface area contributed by atoms with Crippen molar-refractivity contribution in [3.05, 3.63) is 87.2 Å². The SMILES string of the molecule is COc1ccc(CCn2cc(C(=O)NCc3ccc(C)o3)c(=O)c(C(=O)N3CCCCC3C)c2)cc1. The van der Waals surface area contributed by atoms with Crippen LogP contribution in [-0.4, -0.2) is 41.0 Å². The van der Waals surface area contributed by atoms with Crippen LogP contribution in [0.2, 0.25) is 0 Å². The Balaban J connectivity index is 1.61. The van der Waals surface area contributed by atoms with Gasteiger partial charge in [-0.1, -0.05) is 12.1 Å². The Morgan fingerprint density at radius 2 is 1.83 bits per heavy atom. The average Bonchev–Trinajstić information content (AvgIpc) is 3.31. The molecule has 8 nitrogen and oxygen atoms in total. The molecule has 1 aromatic carbocycles. The third-order valence-corrected chi connectivity index (χ3v) is 6.65. The number of rotatable bonds is 8. The molecule has 1 N–H and O–H groups in total. The summed E-state index contributed by atoms with van der Waals surface area (Å²) < 4.78 is 12.5. The molecule has 2 amide bonds. The smallest absolute Gasteiger partial charge is 0.259 e. The number of hydrogen-bond acceptors (Lipinski definition) is 5. The van der Waals surface area contributed by atoms with Crippen molar-refractivity contribution < 1.29 is 18.7 Å². The van der Waals surface area contributed by atoms with E-state index in [1.165, 1.54) is 6.20 Å². The number of likely N-dealkylation sites (tertiary alicyclic amines) is 1. The largest absolute Gasteiger partial charge is 0.497 e. The maximum Gasteiger partial charge on any atom is 0.259 e. The van der Waals surface area contributed by atoms with E-state index in [2.05, 4.69) is 5.32 Å². The van der Waals surface area contributed by atoms with Gasteiger partial charge in [-0.05, 0) is 69.4 Å². The zero-order chi connectivity index (χ0) is 25.7. The molecule has 0 spiro atoms. The standard InChI is InChI=1S/C28H33N3O5/c1-19-6-4-5-14-31(19)28(34)25-18-30(15-13-21-8-11-22(35-3)12-9-21)17-24(26(25)32)27(33)29-16-23-10-7-20(2)36-23/h7-12,17-19H,4-6,13-16H2,1-3H3,(H,29,33). The third kappa shape index (κ3) is 5.87. The normalized spacial score (nSPS) is 15.5. The minimum absolute atomic E-state index is 0.0278. The second-order valence-corrected chi connectivity index (χ2v) is 9.29. The van der Waals surface area contributed by atoms with Crippen LogP contribution in [0.1, 0.15) is 64.0 Å². The molecule has 36 heavy (non-hydrogen) atoms. The number of aryl methyl sites for hydroxylation is 3. The van der Waals surface area contributed by atoms with Crippen LogP contribution in [-0.2, 0) is 19.5 Å². The van der Waals surface area contributed by atoms with Crippen LogP contribution in [0.3, 0.4) is 0 Å². The number of ether oxygens (including phenoxy) is 1. The van der Waals surface area contributed by atoms with Crippen molar-refractivity contribution in [2.24, 2.45) is 0 Å². The van der Waals surface area contributed by atoms with Crippen molar-refractivity contribution in [3.63, 3.8) is 0 Å². The Kier molecular flexibility index (Phi) is 7.93. The molecule has 8 heteroatoms. The first kappa shape index (κ1) is 25.3. The van der Waals surface area contributed by atoms with Gasteiger partial charge in [0.2, 0.25) is 5.43 Å². The highest BCUT2D eigenvalue weighted by atomic mass is 16.5. The number of furan rings is 1. The molecule has 2 aromatic heterocycles. The molecule has 0 saturated carbocycles. The highest BCUT2D eigenvalue weighted by Gasteiger charge is 2.28. The van der Waals surface area contributed by atoms with Gasteiger partial charge in [0.1, 0.15) is 28.4 Å². The zero-order valence-electron chi connectivity index (χ0n) is 21.1. The zero-order valence-corrected chi connectivity index (χ0v) is 21.1. The van der Waals surface area contributed by atoms with Gasteiger partial charge in [-0.25, -0.2) is 0 Å². The molecule has 4 rings (SSSR count). The fourth-order valence-electron chi connectivity index (χ4n) is 4.52. The second kappa shape index (κ2) is 11.3. The topological polar surface area (TPSA) is 93.8 Å². The average molecular weight is 492 g/mol.